The first-order chi connectivity index (χ1) is 15.1. The van der Waals surface area contributed by atoms with E-state index in [9.17, 15) is 10.1 Å². The molecule has 3 aromatic rings. The van der Waals surface area contributed by atoms with Crippen molar-refractivity contribution in [1.29, 1.82) is 0 Å². The molecule has 0 bridgehead atoms. The number of nitro benzene ring substituents is 1. The molecule has 3 N–H and O–H groups in total. The number of anilines is 2. The summed E-state index contributed by atoms with van der Waals surface area (Å²) >= 11 is 1.67. The van der Waals surface area contributed by atoms with Gasteiger partial charge in [-0.05, 0) is 73.5 Å². The Balaban J connectivity index is 1.15. The fourth-order valence-corrected chi connectivity index (χ4v) is 4.96. The van der Waals surface area contributed by atoms with E-state index >= 15 is 0 Å². The lowest BCUT2D eigenvalue weighted by atomic mass is 9.85. The molecule has 9 heteroatoms. The van der Waals surface area contributed by atoms with E-state index in [2.05, 4.69) is 44.5 Å². The third-order valence-corrected chi connectivity index (χ3v) is 6.75. The number of hydrogen-bond acceptors (Lipinski definition) is 7. The molecule has 8 nitrogen and oxygen atoms in total. The summed E-state index contributed by atoms with van der Waals surface area (Å²) < 4.78 is 9.31. The molecule has 0 unspecified atom stereocenters. The van der Waals surface area contributed by atoms with Crippen LogP contribution in [0, 0.1) is 10.1 Å². The number of nitrogens with zero attached hydrogens (tertiary/aromatic N) is 2. The number of nitro groups is 1. The van der Waals surface area contributed by atoms with Gasteiger partial charge in [-0.25, -0.2) is 0 Å². The van der Waals surface area contributed by atoms with Crippen molar-refractivity contribution in [3.8, 4) is 5.75 Å². The van der Waals surface area contributed by atoms with Crippen molar-refractivity contribution in [2.45, 2.75) is 49.1 Å². The zero-order valence-electron chi connectivity index (χ0n) is 16.8. The Morgan fingerprint density at radius 2 is 1.90 bits per heavy atom. The van der Waals surface area contributed by atoms with Crippen molar-refractivity contribution >= 4 is 29.1 Å². The van der Waals surface area contributed by atoms with Crippen LogP contribution in [-0.4, -0.2) is 21.2 Å². The molecule has 1 aromatic heterocycles. The summed E-state index contributed by atoms with van der Waals surface area (Å²) in [5.74, 6) is 1.95. The summed E-state index contributed by atoms with van der Waals surface area (Å²) in [6, 6.07) is 14.8. The van der Waals surface area contributed by atoms with Crippen LogP contribution in [0.25, 0.3) is 0 Å². The third-order valence-electron chi connectivity index (χ3n) is 5.84. The minimum absolute atomic E-state index is 0.0789. The lowest BCUT2D eigenvalue weighted by molar-refractivity contribution is -0.384. The van der Waals surface area contributed by atoms with Gasteiger partial charge < -0.3 is 10.1 Å². The number of aromatic amines is 1. The molecule has 2 heterocycles. The summed E-state index contributed by atoms with van der Waals surface area (Å²) in [6.45, 7) is 0.881. The van der Waals surface area contributed by atoms with Crippen LogP contribution < -0.4 is 14.8 Å². The van der Waals surface area contributed by atoms with Gasteiger partial charge in [0.15, 0.2) is 5.82 Å². The molecule has 0 atom stereocenters. The van der Waals surface area contributed by atoms with Gasteiger partial charge in [-0.2, -0.15) is 5.10 Å². The van der Waals surface area contributed by atoms with E-state index < -0.39 is 4.92 Å². The number of benzene rings is 2. The summed E-state index contributed by atoms with van der Waals surface area (Å²) in [5.41, 5.74) is 3.57. The van der Waals surface area contributed by atoms with Crippen LogP contribution >= 0.6 is 11.9 Å². The largest absolute Gasteiger partial charge is 0.490 e. The molecule has 0 saturated heterocycles. The number of ether oxygens (including phenoxy) is 1. The molecule has 5 rings (SSSR count). The number of rotatable bonds is 6. The summed E-state index contributed by atoms with van der Waals surface area (Å²) in [6.07, 6.45) is 4.05. The van der Waals surface area contributed by atoms with Crippen LogP contribution in [0.1, 0.15) is 42.9 Å². The maximum atomic E-state index is 10.8. The Kier molecular flexibility index (Phi) is 5.52. The van der Waals surface area contributed by atoms with E-state index in [0.29, 0.717) is 11.7 Å². The molecule has 1 aliphatic heterocycles. The molecule has 0 radical (unpaired) electrons. The number of aromatic nitrogens is 2. The van der Waals surface area contributed by atoms with Gasteiger partial charge in [-0.15, -0.1) is 0 Å². The van der Waals surface area contributed by atoms with E-state index in [4.69, 9.17) is 4.74 Å². The van der Waals surface area contributed by atoms with Crippen LogP contribution in [0.5, 0.6) is 5.75 Å². The fourth-order valence-electron chi connectivity index (χ4n) is 4.17. The van der Waals surface area contributed by atoms with E-state index in [1.54, 1.807) is 24.1 Å². The van der Waals surface area contributed by atoms with Crippen molar-refractivity contribution in [2.75, 3.05) is 5.32 Å². The van der Waals surface area contributed by atoms with Crippen LogP contribution in [-0.2, 0) is 6.54 Å². The number of nitrogens with one attached hydrogen (secondary N) is 3. The normalized spacial score (nSPS) is 20.3. The highest BCUT2D eigenvalue weighted by molar-refractivity contribution is 7.97. The smallest absolute Gasteiger partial charge is 0.269 e. The first kappa shape index (κ1) is 19.9. The zero-order valence-corrected chi connectivity index (χ0v) is 17.7. The Hall–Kier alpha value is -3.04. The highest BCUT2D eigenvalue weighted by Crippen LogP contribution is 2.35. The molecule has 1 fully saturated rings. The number of non-ortho nitro benzene ring substituents is 1. The second-order valence-corrected chi connectivity index (χ2v) is 8.85. The standard InChI is InChI=1S/C22H23N5O3S/c28-27(29)17-4-8-19(9-5-17)30-18-6-1-14(2-7-18)20-12-22(26-25-20)24-16-3-10-21-15(11-16)13-23-31-21/h3-5,8-12,14,18,23H,1-2,6-7,13H2,(H2,24,25,26). The average molecular weight is 438 g/mol. The van der Waals surface area contributed by atoms with Gasteiger partial charge in [0.1, 0.15) is 5.75 Å². The van der Waals surface area contributed by atoms with E-state index in [1.165, 1.54) is 22.6 Å². The van der Waals surface area contributed by atoms with Gasteiger partial charge in [0.2, 0.25) is 0 Å². The van der Waals surface area contributed by atoms with Crippen LogP contribution in [0.3, 0.4) is 0 Å². The molecule has 0 spiro atoms. The Morgan fingerprint density at radius 3 is 2.68 bits per heavy atom. The monoisotopic (exact) mass is 437 g/mol. The van der Waals surface area contributed by atoms with E-state index in [0.717, 1.165) is 49.4 Å². The first-order valence-corrected chi connectivity index (χ1v) is 11.2. The third kappa shape index (κ3) is 4.52. The van der Waals surface area contributed by atoms with Gasteiger partial charge in [0.25, 0.3) is 5.69 Å². The molecule has 0 amide bonds. The Bertz CT molecular complexity index is 1080. The van der Waals surface area contributed by atoms with E-state index in [1.807, 2.05) is 0 Å². The summed E-state index contributed by atoms with van der Waals surface area (Å²) in [5, 5.41) is 21.8. The van der Waals surface area contributed by atoms with Crippen LogP contribution in [0.2, 0.25) is 0 Å². The molecule has 1 saturated carbocycles. The van der Waals surface area contributed by atoms with Crippen molar-refractivity contribution in [1.82, 2.24) is 14.9 Å². The number of H-pyrrole nitrogens is 1. The number of fused-ring (bicyclic) bond motifs is 1. The number of hydrogen-bond donors (Lipinski definition) is 3. The van der Waals surface area contributed by atoms with Gasteiger partial charge in [0.05, 0.1) is 11.0 Å². The Morgan fingerprint density at radius 1 is 1.10 bits per heavy atom. The van der Waals surface area contributed by atoms with Crippen molar-refractivity contribution in [3.05, 3.63) is 69.9 Å². The SMILES string of the molecule is O=[N+]([O-])c1ccc(OC2CCC(c3cc(Nc4ccc5c(c4)CNS5)n[nH]3)CC2)cc1. The molecule has 2 aliphatic rings. The maximum Gasteiger partial charge on any atom is 0.269 e. The van der Waals surface area contributed by atoms with Gasteiger partial charge in [-0.1, -0.05) is 0 Å². The highest BCUT2D eigenvalue weighted by Gasteiger charge is 2.25. The van der Waals surface area contributed by atoms with Gasteiger partial charge in [0, 0.05) is 46.9 Å². The van der Waals surface area contributed by atoms with Crippen molar-refractivity contribution in [2.24, 2.45) is 0 Å². The molecule has 2 aromatic carbocycles. The molecular weight excluding hydrogens is 414 g/mol. The zero-order chi connectivity index (χ0) is 21.2. The molecular formula is C22H23N5O3S. The quantitative estimate of drug-likeness (QED) is 0.274. The minimum Gasteiger partial charge on any atom is -0.490 e. The van der Waals surface area contributed by atoms with Crippen LogP contribution in [0.4, 0.5) is 17.2 Å². The Labute approximate surface area is 184 Å². The highest BCUT2D eigenvalue weighted by atomic mass is 32.2. The predicted octanol–water partition coefficient (Wildman–Crippen LogP) is 5.28. The predicted molar refractivity (Wildman–Crippen MR) is 120 cm³/mol. The summed E-state index contributed by atoms with van der Waals surface area (Å²) in [7, 11) is 0. The molecule has 1 aliphatic carbocycles. The van der Waals surface area contributed by atoms with Crippen LogP contribution in [0.15, 0.2) is 53.4 Å². The maximum absolute atomic E-state index is 10.8. The average Bonchev–Trinajstić information content (AvgIpc) is 3.44. The van der Waals surface area contributed by atoms with Crippen molar-refractivity contribution < 1.29 is 9.66 Å². The lowest BCUT2D eigenvalue weighted by Crippen LogP contribution is -2.23. The second kappa shape index (κ2) is 8.60. The van der Waals surface area contributed by atoms with Gasteiger partial charge in [-0.3, -0.25) is 19.9 Å². The minimum atomic E-state index is -0.400. The first-order valence-electron chi connectivity index (χ1n) is 10.4. The fraction of sp³-hybridized carbons (Fsp3) is 0.318. The van der Waals surface area contributed by atoms with Crippen molar-refractivity contribution in [3.63, 3.8) is 0 Å². The lowest BCUT2D eigenvalue weighted by Gasteiger charge is -2.28. The second-order valence-electron chi connectivity index (χ2n) is 7.92. The molecule has 160 valence electrons. The van der Waals surface area contributed by atoms with Gasteiger partial charge >= 0.3 is 0 Å². The van der Waals surface area contributed by atoms with E-state index in [-0.39, 0.29) is 11.8 Å². The topological polar surface area (TPSA) is 105 Å². The summed E-state index contributed by atoms with van der Waals surface area (Å²) in [4.78, 5) is 11.6. The molecule has 31 heavy (non-hydrogen) atoms.